The van der Waals surface area contributed by atoms with Gasteiger partial charge in [-0.1, -0.05) is 24.1 Å². The first-order chi connectivity index (χ1) is 9.36. The van der Waals surface area contributed by atoms with Gasteiger partial charge in [0.2, 0.25) is 0 Å². The summed E-state index contributed by atoms with van der Waals surface area (Å²) in [7, 11) is 0. The summed E-state index contributed by atoms with van der Waals surface area (Å²) in [6, 6.07) is 4.71. The summed E-state index contributed by atoms with van der Waals surface area (Å²) >= 11 is 9.35. The van der Waals surface area contributed by atoms with Crippen LogP contribution < -0.4 is 5.32 Å². The number of nitrogens with one attached hydrogen (secondary N) is 1. The largest absolute Gasteiger partial charge is 0.481 e. The molecule has 0 bridgehead atoms. The number of carbonyl (C=O) groups is 2. The van der Waals surface area contributed by atoms with E-state index in [1.54, 1.807) is 25.1 Å². The molecule has 1 amide bonds. The Bertz CT molecular complexity index is 563. The number of carbonyl (C=O) groups excluding carboxylic acids is 1. The van der Waals surface area contributed by atoms with Gasteiger partial charge in [0.05, 0.1) is 16.0 Å². The molecule has 0 radical (unpaired) electrons. The molecule has 0 spiro atoms. The average molecular weight is 361 g/mol. The van der Waals surface area contributed by atoms with Crippen molar-refractivity contribution in [2.45, 2.75) is 32.2 Å². The summed E-state index contributed by atoms with van der Waals surface area (Å²) in [5.41, 5.74) is -0.561. The van der Waals surface area contributed by atoms with E-state index in [0.29, 0.717) is 27.9 Å². The van der Waals surface area contributed by atoms with Crippen LogP contribution in [0.15, 0.2) is 22.7 Å². The minimum atomic E-state index is -0.909. The number of hydrogen-bond donors (Lipinski definition) is 2. The minimum absolute atomic E-state index is 0.333. The number of halogens is 2. The maximum atomic E-state index is 12.3. The van der Waals surface area contributed by atoms with Crippen LogP contribution in [-0.4, -0.2) is 23.0 Å². The van der Waals surface area contributed by atoms with Gasteiger partial charge in [-0.2, -0.15) is 0 Å². The fourth-order valence-electron chi connectivity index (χ4n) is 2.57. The second-order valence-electron chi connectivity index (χ2n) is 5.24. The van der Waals surface area contributed by atoms with Gasteiger partial charge in [-0.25, -0.2) is 0 Å². The van der Waals surface area contributed by atoms with Gasteiger partial charge in [-0.05, 0) is 47.8 Å². The maximum Gasteiger partial charge on any atom is 0.311 e. The van der Waals surface area contributed by atoms with Crippen LogP contribution in [0.4, 0.5) is 0 Å². The van der Waals surface area contributed by atoms with Crippen LogP contribution in [0.1, 0.15) is 36.5 Å². The van der Waals surface area contributed by atoms with Crippen LogP contribution in [0.2, 0.25) is 5.02 Å². The Morgan fingerprint density at radius 1 is 1.50 bits per heavy atom. The molecule has 2 atom stereocenters. The number of hydrogen-bond acceptors (Lipinski definition) is 2. The number of benzene rings is 1. The van der Waals surface area contributed by atoms with E-state index in [2.05, 4.69) is 21.2 Å². The van der Waals surface area contributed by atoms with Gasteiger partial charge < -0.3 is 10.4 Å². The van der Waals surface area contributed by atoms with Gasteiger partial charge in [-0.3, -0.25) is 9.59 Å². The number of amides is 1. The Morgan fingerprint density at radius 3 is 2.85 bits per heavy atom. The molecule has 0 aromatic heterocycles. The van der Waals surface area contributed by atoms with Crippen LogP contribution in [0.3, 0.4) is 0 Å². The first-order valence-corrected chi connectivity index (χ1v) is 7.51. The first kappa shape index (κ1) is 15.3. The van der Waals surface area contributed by atoms with Gasteiger partial charge in [0.1, 0.15) is 0 Å². The monoisotopic (exact) mass is 359 g/mol. The van der Waals surface area contributed by atoms with Crippen LogP contribution in [-0.2, 0) is 4.79 Å². The lowest BCUT2D eigenvalue weighted by atomic mass is 9.85. The highest BCUT2D eigenvalue weighted by Gasteiger charge is 2.46. The fraction of sp³-hybridized carbons (Fsp3) is 0.429. The number of carboxylic acids is 1. The lowest BCUT2D eigenvalue weighted by molar-refractivity contribution is -0.148. The first-order valence-electron chi connectivity index (χ1n) is 6.34. The standard InChI is InChI=1S/C14H15BrClNO3/c1-14(13(19)20)7-3-6-10(14)17-12(18)8-4-2-5-9(15)11(8)16/h2,4-5,10H,3,6-7H2,1H3,(H,17,18)(H,19,20). The predicted octanol–water partition coefficient (Wildman–Crippen LogP) is 3.48. The summed E-state index contributed by atoms with van der Waals surface area (Å²) in [5.74, 6) is -1.21. The van der Waals surface area contributed by atoms with Crippen LogP contribution in [0.5, 0.6) is 0 Å². The second-order valence-corrected chi connectivity index (χ2v) is 6.47. The van der Waals surface area contributed by atoms with E-state index in [1.165, 1.54) is 0 Å². The summed E-state index contributed by atoms with van der Waals surface area (Å²) in [6.07, 6.45) is 2.03. The highest BCUT2D eigenvalue weighted by atomic mass is 79.9. The van der Waals surface area contributed by atoms with Crippen molar-refractivity contribution in [2.75, 3.05) is 0 Å². The Kier molecular flexibility index (Phi) is 4.39. The zero-order chi connectivity index (χ0) is 14.9. The molecule has 1 saturated carbocycles. The second kappa shape index (κ2) is 5.74. The quantitative estimate of drug-likeness (QED) is 0.867. The van der Waals surface area contributed by atoms with Crippen molar-refractivity contribution in [3.8, 4) is 0 Å². The molecule has 1 aliphatic rings. The molecule has 1 aromatic rings. The van der Waals surface area contributed by atoms with Gasteiger partial charge in [0, 0.05) is 10.5 Å². The molecule has 0 aliphatic heterocycles. The topological polar surface area (TPSA) is 66.4 Å². The molecule has 0 heterocycles. The normalized spacial score (nSPS) is 25.4. The Morgan fingerprint density at radius 2 is 2.20 bits per heavy atom. The van der Waals surface area contributed by atoms with E-state index in [9.17, 15) is 14.7 Å². The van der Waals surface area contributed by atoms with Crippen molar-refractivity contribution in [3.05, 3.63) is 33.3 Å². The zero-order valence-electron chi connectivity index (χ0n) is 11.0. The Hall–Kier alpha value is -1.07. The van der Waals surface area contributed by atoms with E-state index in [1.807, 2.05) is 0 Å². The predicted molar refractivity (Wildman–Crippen MR) is 80.0 cm³/mol. The van der Waals surface area contributed by atoms with Crippen LogP contribution in [0, 0.1) is 5.41 Å². The van der Waals surface area contributed by atoms with Gasteiger partial charge >= 0.3 is 5.97 Å². The average Bonchev–Trinajstić information content (AvgIpc) is 2.75. The molecular weight excluding hydrogens is 346 g/mol. The molecule has 4 nitrogen and oxygen atoms in total. The highest BCUT2D eigenvalue weighted by molar-refractivity contribution is 9.10. The van der Waals surface area contributed by atoms with Crippen LogP contribution >= 0.6 is 27.5 Å². The van der Waals surface area contributed by atoms with Gasteiger partial charge in [0.25, 0.3) is 5.91 Å². The summed E-state index contributed by atoms with van der Waals surface area (Å²) in [5, 5.41) is 12.5. The van der Waals surface area contributed by atoms with E-state index >= 15 is 0 Å². The molecule has 2 N–H and O–H groups in total. The van der Waals surface area contributed by atoms with Gasteiger partial charge in [-0.15, -0.1) is 0 Å². The third-order valence-corrected chi connectivity index (χ3v) is 5.24. The van der Waals surface area contributed by atoms with E-state index in [0.717, 1.165) is 6.42 Å². The van der Waals surface area contributed by atoms with Gasteiger partial charge in [0.15, 0.2) is 0 Å². The van der Waals surface area contributed by atoms with Crippen molar-refractivity contribution >= 4 is 39.4 Å². The number of rotatable bonds is 3. The number of aliphatic carboxylic acids is 1. The smallest absolute Gasteiger partial charge is 0.311 e. The van der Waals surface area contributed by atoms with Crippen molar-refractivity contribution in [1.29, 1.82) is 0 Å². The molecule has 1 aromatic carbocycles. The molecule has 0 saturated heterocycles. The fourth-order valence-corrected chi connectivity index (χ4v) is 3.15. The van der Waals surface area contributed by atoms with Crippen molar-refractivity contribution in [2.24, 2.45) is 5.41 Å². The SMILES string of the molecule is CC1(C(=O)O)CCCC1NC(=O)c1cccc(Br)c1Cl. The maximum absolute atomic E-state index is 12.3. The van der Waals surface area contributed by atoms with E-state index in [-0.39, 0.29) is 11.9 Å². The Balaban J connectivity index is 2.20. The van der Waals surface area contributed by atoms with Crippen molar-refractivity contribution in [3.63, 3.8) is 0 Å². The minimum Gasteiger partial charge on any atom is -0.481 e. The summed E-state index contributed by atoms with van der Waals surface area (Å²) in [4.78, 5) is 23.7. The molecular formula is C14H15BrClNO3. The van der Waals surface area contributed by atoms with E-state index < -0.39 is 11.4 Å². The summed E-state index contributed by atoms with van der Waals surface area (Å²) in [6.45, 7) is 1.68. The highest BCUT2D eigenvalue weighted by Crippen LogP contribution is 2.38. The van der Waals surface area contributed by atoms with Crippen LogP contribution in [0.25, 0.3) is 0 Å². The number of carboxylic acid groups (broad SMARTS) is 1. The van der Waals surface area contributed by atoms with Crippen molar-refractivity contribution in [1.82, 2.24) is 5.32 Å². The molecule has 108 valence electrons. The summed E-state index contributed by atoms with van der Waals surface area (Å²) < 4.78 is 0.638. The third-order valence-electron chi connectivity index (χ3n) is 3.95. The molecule has 1 fully saturated rings. The van der Waals surface area contributed by atoms with E-state index in [4.69, 9.17) is 11.6 Å². The molecule has 1 aliphatic carbocycles. The molecule has 20 heavy (non-hydrogen) atoms. The van der Waals surface area contributed by atoms with Crippen molar-refractivity contribution < 1.29 is 14.7 Å². The molecule has 2 rings (SSSR count). The lowest BCUT2D eigenvalue weighted by Crippen LogP contribution is -2.47. The molecule has 6 heteroatoms. The third kappa shape index (κ3) is 2.69. The molecule has 2 unspecified atom stereocenters. The lowest BCUT2D eigenvalue weighted by Gasteiger charge is -2.27. The zero-order valence-corrected chi connectivity index (χ0v) is 13.3. The Labute approximate surface area is 130 Å².